The van der Waals surface area contributed by atoms with Gasteiger partial charge in [0.05, 0.1) is 4.99 Å². The lowest BCUT2D eigenvalue weighted by molar-refractivity contribution is -0.122. The van der Waals surface area contributed by atoms with Gasteiger partial charge in [-0.1, -0.05) is 56.4 Å². The molecule has 0 aliphatic heterocycles. The van der Waals surface area contributed by atoms with Crippen LogP contribution in [0.2, 0.25) is 0 Å². The van der Waals surface area contributed by atoms with Crippen molar-refractivity contribution >= 4 is 23.1 Å². The molecule has 1 amide bonds. The lowest BCUT2D eigenvalue weighted by atomic mass is 9.79. The minimum Gasteiger partial charge on any atom is -0.392 e. The lowest BCUT2D eigenvalue weighted by Gasteiger charge is -2.33. The predicted octanol–water partition coefficient (Wildman–Crippen LogP) is 3.00. The highest BCUT2D eigenvalue weighted by Crippen LogP contribution is 2.29. The molecular weight excluding hydrogens is 280 g/mol. The van der Waals surface area contributed by atoms with Crippen LogP contribution < -0.4 is 11.1 Å². The van der Waals surface area contributed by atoms with Gasteiger partial charge in [0, 0.05) is 6.04 Å². The molecule has 0 aromatic heterocycles. The summed E-state index contributed by atoms with van der Waals surface area (Å²) in [4.78, 5) is 12.8. The molecule has 1 aromatic carbocycles. The summed E-state index contributed by atoms with van der Waals surface area (Å²) in [5, 5.41) is 3.14. The summed E-state index contributed by atoms with van der Waals surface area (Å²) >= 11 is 5.10. The van der Waals surface area contributed by atoms with Crippen LogP contribution in [0.15, 0.2) is 30.3 Å². The zero-order valence-electron chi connectivity index (χ0n) is 12.7. The standard InChI is InChI=1S/C17H24N2OS/c1-11-8-9-14(10-12(11)2)19-17(20)15(16(18)21)13-6-4-3-5-7-13/h3-7,11-12,14-15H,8-10H2,1-2H3,(H2,18,21)(H,19,20). The molecule has 3 N–H and O–H groups in total. The quantitative estimate of drug-likeness (QED) is 0.841. The number of hydrogen-bond acceptors (Lipinski definition) is 2. The summed E-state index contributed by atoms with van der Waals surface area (Å²) in [6.07, 6.45) is 3.23. The van der Waals surface area contributed by atoms with Crippen molar-refractivity contribution in [2.24, 2.45) is 17.6 Å². The summed E-state index contributed by atoms with van der Waals surface area (Å²) in [5.41, 5.74) is 6.66. The molecule has 0 heterocycles. The number of nitrogens with one attached hydrogen (secondary N) is 1. The third-order valence-corrected chi connectivity index (χ3v) is 4.86. The summed E-state index contributed by atoms with van der Waals surface area (Å²) < 4.78 is 0. The number of benzene rings is 1. The van der Waals surface area contributed by atoms with E-state index in [2.05, 4.69) is 19.2 Å². The van der Waals surface area contributed by atoms with Crippen LogP contribution in [0.1, 0.15) is 44.6 Å². The van der Waals surface area contributed by atoms with Gasteiger partial charge in [-0.15, -0.1) is 0 Å². The third-order valence-electron chi connectivity index (χ3n) is 4.62. The zero-order valence-corrected chi connectivity index (χ0v) is 13.5. The topological polar surface area (TPSA) is 55.1 Å². The van der Waals surface area contributed by atoms with E-state index in [1.54, 1.807) is 0 Å². The van der Waals surface area contributed by atoms with Gasteiger partial charge >= 0.3 is 0 Å². The number of amides is 1. The second-order valence-corrected chi connectivity index (χ2v) is 6.69. The molecule has 1 aromatic rings. The average Bonchev–Trinajstić information content (AvgIpc) is 2.44. The fraction of sp³-hybridized carbons (Fsp3) is 0.529. The van der Waals surface area contributed by atoms with Crippen LogP contribution in [0.25, 0.3) is 0 Å². The highest BCUT2D eigenvalue weighted by Gasteiger charge is 2.29. The first-order valence-corrected chi connectivity index (χ1v) is 8.04. The normalized spacial score (nSPS) is 26.9. The molecule has 0 bridgehead atoms. The monoisotopic (exact) mass is 304 g/mol. The Balaban J connectivity index is 2.05. The second-order valence-electron chi connectivity index (χ2n) is 6.22. The Morgan fingerprint density at radius 3 is 2.48 bits per heavy atom. The largest absolute Gasteiger partial charge is 0.392 e. The maximum atomic E-state index is 12.6. The Morgan fingerprint density at radius 1 is 1.24 bits per heavy atom. The van der Waals surface area contributed by atoms with Gasteiger partial charge in [0.25, 0.3) is 0 Å². The molecule has 2 rings (SSSR count). The van der Waals surface area contributed by atoms with Crippen LogP contribution >= 0.6 is 12.2 Å². The molecule has 1 saturated carbocycles. The van der Waals surface area contributed by atoms with Crippen molar-refractivity contribution in [2.45, 2.75) is 45.1 Å². The molecule has 3 nitrogen and oxygen atoms in total. The van der Waals surface area contributed by atoms with Crippen molar-refractivity contribution in [3.05, 3.63) is 35.9 Å². The van der Waals surface area contributed by atoms with Crippen LogP contribution in [-0.2, 0) is 4.79 Å². The van der Waals surface area contributed by atoms with Crippen molar-refractivity contribution in [2.75, 3.05) is 0 Å². The number of carbonyl (C=O) groups is 1. The smallest absolute Gasteiger partial charge is 0.234 e. The zero-order chi connectivity index (χ0) is 15.4. The highest BCUT2D eigenvalue weighted by molar-refractivity contribution is 7.80. The minimum absolute atomic E-state index is 0.0690. The van der Waals surface area contributed by atoms with E-state index in [4.69, 9.17) is 18.0 Å². The summed E-state index contributed by atoms with van der Waals surface area (Å²) in [6.45, 7) is 4.54. The van der Waals surface area contributed by atoms with E-state index in [1.807, 2.05) is 30.3 Å². The van der Waals surface area contributed by atoms with Gasteiger partial charge in [0.2, 0.25) is 5.91 Å². The van der Waals surface area contributed by atoms with E-state index in [0.717, 1.165) is 30.7 Å². The molecular formula is C17H24N2OS. The van der Waals surface area contributed by atoms with Gasteiger partial charge in [0.15, 0.2) is 0 Å². The van der Waals surface area contributed by atoms with Gasteiger partial charge < -0.3 is 11.1 Å². The van der Waals surface area contributed by atoms with Crippen LogP contribution in [0.5, 0.6) is 0 Å². The van der Waals surface area contributed by atoms with Gasteiger partial charge in [0.1, 0.15) is 5.92 Å². The Hall–Kier alpha value is -1.42. The number of rotatable bonds is 4. The van der Waals surface area contributed by atoms with Crippen molar-refractivity contribution < 1.29 is 4.79 Å². The van der Waals surface area contributed by atoms with Gasteiger partial charge in [-0.25, -0.2) is 0 Å². The number of nitrogens with two attached hydrogens (primary N) is 1. The highest BCUT2D eigenvalue weighted by atomic mass is 32.1. The van der Waals surface area contributed by atoms with Crippen molar-refractivity contribution in [3.63, 3.8) is 0 Å². The molecule has 1 aliphatic rings. The van der Waals surface area contributed by atoms with Gasteiger partial charge in [-0.05, 0) is 36.7 Å². The summed E-state index contributed by atoms with van der Waals surface area (Å²) in [5.74, 6) is 0.777. The van der Waals surface area contributed by atoms with E-state index >= 15 is 0 Å². The SMILES string of the molecule is CC1CCC(NC(=O)C(C(N)=S)c2ccccc2)CC1C. The van der Waals surface area contributed by atoms with Crippen molar-refractivity contribution in [1.82, 2.24) is 5.32 Å². The first kappa shape index (κ1) is 16.0. The van der Waals surface area contributed by atoms with E-state index in [-0.39, 0.29) is 16.9 Å². The molecule has 4 atom stereocenters. The minimum atomic E-state index is -0.532. The Labute approximate surface area is 132 Å². The van der Waals surface area contributed by atoms with Gasteiger partial charge in [-0.2, -0.15) is 0 Å². The maximum Gasteiger partial charge on any atom is 0.234 e. The molecule has 0 saturated heterocycles. The third kappa shape index (κ3) is 4.03. The van der Waals surface area contributed by atoms with Crippen LogP contribution in [-0.4, -0.2) is 16.9 Å². The summed E-state index contributed by atoms with van der Waals surface area (Å²) in [7, 11) is 0. The Bertz CT molecular complexity index is 503. The molecule has 1 aliphatic carbocycles. The van der Waals surface area contributed by atoms with E-state index in [0.29, 0.717) is 5.92 Å². The van der Waals surface area contributed by atoms with Gasteiger partial charge in [-0.3, -0.25) is 4.79 Å². The summed E-state index contributed by atoms with van der Waals surface area (Å²) in [6, 6.07) is 9.76. The van der Waals surface area contributed by atoms with Crippen molar-refractivity contribution in [3.8, 4) is 0 Å². The van der Waals surface area contributed by atoms with Crippen LogP contribution in [0.4, 0.5) is 0 Å². The number of thiocarbonyl (C=S) groups is 1. The molecule has 0 spiro atoms. The Kier molecular flexibility index (Phi) is 5.34. The molecule has 4 unspecified atom stereocenters. The lowest BCUT2D eigenvalue weighted by Crippen LogP contribution is -2.44. The number of carbonyl (C=O) groups excluding carboxylic acids is 1. The van der Waals surface area contributed by atoms with Crippen LogP contribution in [0.3, 0.4) is 0 Å². The molecule has 21 heavy (non-hydrogen) atoms. The molecule has 1 fully saturated rings. The van der Waals surface area contributed by atoms with Crippen molar-refractivity contribution in [1.29, 1.82) is 0 Å². The maximum absolute atomic E-state index is 12.6. The van der Waals surface area contributed by atoms with Crippen LogP contribution in [0, 0.1) is 11.8 Å². The molecule has 4 heteroatoms. The van der Waals surface area contributed by atoms with E-state index in [1.165, 1.54) is 0 Å². The Morgan fingerprint density at radius 2 is 1.90 bits per heavy atom. The fourth-order valence-electron chi connectivity index (χ4n) is 3.05. The average molecular weight is 304 g/mol. The first-order chi connectivity index (χ1) is 9.99. The predicted molar refractivity (Wildman–Crippen MR) is 90.1 cm³/mol. The molecule has 114 valence electrons. The number of hydrogen-bond donors (Lipinski definition) is 2. The van der Waals surface area contributed by atoms with E-state index < -0.39 is 5.92 Å². The van der Waals surface area contributed by atoms with E-state index in [9.17, 15) is 4.79 Å². The second kappa shape index (κ2) is 7.03. The first-order valence-electron chi connectivity index (χ1n) is 7.63. The fourth-order valence-corrected chi connectivity index (χ4v) is 3.30. The molecule has 0 radical (unpaired) electrons.